The SMILES string of the molecule is CC[C@@H](C)NC(=O)NC(=O)COC(=O)Cc1ccc(F)cc1. The van der Waals surface area contributed by atoms with Gasteiger partial charge in [-0.05, 0) is 31.0 Å². The van der Waals surface area contributed by atoms with Gasteiger partial charge in [0, 0.05) is 6.04 Å². The van der Waals surface area contributed by atoms with E-state index in [-0.39, 0.29) is 12.5 Å². The van der Waals surface area contributed by atoms with Gasteiger partial charge in [-0.2, -0.15) is 0 Å². The van der Waals surface area contributed by atoms with Gasteiger partial charge >= 0.3 is 12.0 Å². The molecule has 0 spiro atoms. The minimum Gasteiger partial charge on any atom is -0.455 e. The Balaban J connectivity index is 2.30. The Morgan fingerprint density at radius 1 is 1.23 bits per heavy atom. The van der Waals surface area contributed by atoms with Crippen molar-refractivity contribution in [1.29, 1.82) is 0 Å². The van der Waals surface area contributed by atoms with E-state index in [1.54, 1.807) is 6.92 Å². The molecule has 1 aromatic rings. The maximum Gasteiger partial charge on any atom is 0.321 e. The lowest BCUT2D eigenvalue weighted by Crippen LogP contribution is -2.44. The first-order valence-corrected chi connectivity index (χ1v) is 6.91. The van der Waals surface area contributed by atoms with Crippen LogP contribution in [0.25, 0.3) is 0 Å². The first-order valence-electron chi connectivity index (χ1n) is 6.91. The van der Waals surface area contributed by atoms with E-state index in [9.17, 15) is 18.8 Å². The summed E-state index contributed by atoms with van der Waals surface area (Å²) in [5.41, 5.74) is 0.571. The van der Waals surface area contributed by atoms with Crippen LogP contribution in [0.5, 0.6) is 0 Å². The number of hydrogen-bond acceptors (Lipinski definition) is 4. The van der Waals surface area contributed by atoms with Crippen LogP contribution in [0.4, 0.5) is 9.18 Å². The second-order valence-corrected chi connectivity index (χ2v) is 4.79. The van der Waals surface area contributed by atoms with Crippen LogP contribution < -0.4 is 10.6 Å². The van der Waals surface area contributed by atoms with Crippen molar-refractivity contribution >= 4 is 17.9 Å². The molecule has 0 aliphatic carbocycles. The van der Waals surface area contributed by atoms with Gasteiger partial charge in [-0.15, -0.1) is 0 Å². The molecule has 6 nitrogen and oxygen atoms in total. The maximum absolute atomic E-state index is 12.7. The molecule has 0 aliphatic rings. The standard InChI is InChI=1S/C15H19FN2O4/c1-3-10(2)17-15(21)18-13(19)9-22-14(20)8-11-4-6-12(16)7-5-11/h4-7,10H,3,8-9H2,1-2H3,(H2,17,18,19,21)/t10-/m1/s1. The average molecular weight is 310 g/mol. The van der Waals surface area contributed by atoms with E-state index >= 15 is 0 Å². The second-order valence-electron chi connectivity index (χ2n) is 4.79. The van der Waals surface area contributed by atoms with E-state index in [2.05, 4.69) is 10.6 Å². The third-order valence-electron chi connectivity index (χ3n) is 2.87. The topological polar surface area (TPSA) is 84.5 Å². The molecule has 2 N–H and O–H groups in total. The van der Waals surface area contributed by atoms with E-state index in [1.165, 1.54) is 24.3 Å². The Labute approximate surface area is 128 Å². The number of benzene rings is 1. The predicted octanol–water partition coefficient (Wildman–Crippen LogP) is 1.54. The molecule has 120 valence electrons. The van der Waals surface area contributed by atoms with Crippen LogP contribution in [0.3, 0.4) is 0 Å². The summed E-state index contributed by atoms with van der Waals surface area (Å²) in [7, 11) is 0. The lowest BCUT2D eigenvalue weighted by atomic mass is 10.1. The average Bonchev–Trinajstić information content (AvgIpc) is 2.47. The van der Waals surface area contributed by atoms with Crippen molar-refractivity contribution in [2.24, 2.45) is 0 Å². The molecule has 0 bridgehead atoms. The zero-order valence-corrected chi connectivity index (χ0v) is 12.5. The second kappa shape index (κ2) is 8.76. The molecule has 7 heteroatoms. The Kier molecular flexibility index (Phi) is 7.01. The minimum atomic E-state index is -0.715. The summed E-state index contributed by atoms with van der Waals surface area (Å²) in [4.78, 5) is 34.3. The molecule has 0 heterocycles. The molecule has 0 aliphatic heterocycles. The number of hydrogen-bond donors (Lipinski definition) is 2. The molecule has 1 aromatic carbocycles. The molecular weight excluding hydrogens is 291 g/mol. The molecular formula is C15H19FN2O4. The van der Waals surface area contributed by atoms with Crippen molar-refractivity contribution in [3.63, 3.8) is 0 Å². The monoisotopic (exact) mass is 310 g/mol. The van der Waals surface area contributed by atoms with Gasteiger partial charge < -0.3 is 10.1 Å². The number of halogens is 1. The summed E-state index contributed by atoms with van der Waals surface area (Å²) in [6.07, 6.45) is 0.654. The number of esters is 1. The molecule has 0 fully saturated rings. The van der Waals surface area contributed by atoms with Gasteiger partial charge in [0.05, 0.1) is 6.42 Å². The summed E-state index contributed by atoms with van der Waals surface area (Å²) in [5.74, 6) is -1.75. The van der Waals surface area contributed by atoms with Gasteiger partial charge in [0.1, 0.15) is 5.82 Å². The molecule has 0 radical (unpaired) electrons. The van der Waals surface area contributed by atoms with Crippen LogP contribution in [0.1, 0.15) is 25.8 Å². The number of nitrogens with one attached hydrogen (secondary N) is 2. The largest absolute Gasteiger partial charge is 0.455 e. The fraction of sp³-hybridized carbons (Fsp3) is 0.400. The van der Waals surface area contributed by atoms with E-state index in [4.69, 9.17) is 4.74 Å². The smallest absolute Gasteiger partial charge is 0.321 e. The van der Waals surface area contributed by atoms with Crippen LogP contribution >= 0.6 is 0 Å². The lowest BCUT2D eigenvalue weighted by Gasteiger charge is -2.11. The molecule has 0 unspecified atom stereocenters. The highest BCUT2D eigenvalue weighted by Crippen LogP contribution is 2.04. The first kappa shape index (κ1) is 17.6. The highest BCUT2D eigenvalue weighted by molar-refractivity contribution is 5.95. The molecule has 22 heavy (non-hydrogen) atoms. The van der Waals surface area contributed by atoms with E-state index in [0.717, 1.165) is 6.42 Å². The van der Waals surface area contributed by atoms with Gasteiger partial charge in [0.15, 0.2) is 6.61 Å². The Morgan fingerprint density at radius 2 is 1.86 bits per heavy atom. The fourth-order valence-corrected chi connectivity index (χ4v) is 1.49. The number of ether oxygens (including phenoxy) is 1. The summed E-state index contributed by atoms with van der Waals surface area (Å²) in [6, 6.07) is 4.68. The van der Waals surface area contributed by atoms with E-state index in [0.29, 0.717) is 5.56 Å². The zero-order chi connectivity index (χ0) is 16.5. The molecule has 3 amide bonds. The third-order valence-corrected chi connectivity index (χ3v) is 2.87. The minimum absolute atomic E-state index is 0.0613. The molecule has 1 atom stereocenters. The molecule has 0 aromatic heterocycles. The van der Waals surface area contributed by atoms with E-state index < -0.39 is 30.3 Å². The predicted molar refractivity (Wildman–Crippen MR) is 77.5 cm³/mol. The summed E-state index contributed by atoms with van der Waals surface area (Å²) >= 11 is 0. The van der Waals surface area contributed by atoms with Crippen LogP contribution in [0.15, 0.2) is 24.3 Å². The highest BCUT2D eigenvalue weighted by Gasteiger charge is 2.12. The summed E-state index contributed by atoms with van der Waals surface area (Å²) < 4.78 is 17.5. The van der Waals surface area contributed by atoms with Crippen molar-refractivity contribution in [2.75, 3.05) is 6.61 Å². The highest BCUT2D eigenvalue weighted by atomic mass is 19.1. The quantitative estimate of drug-likeness (QED) is 0.781. The number of carbonyl (C=O) groups excluding carboxylic acids is 3. The number of rotatable bonds is 6. The van der Waals surface area contributed by atoms with Gasteiger partial charge in [0.2, 0.25) is 0 Å². The first-order chi connectivity index (χ1) is 10.4. The maximum atomic E-state index is 12.7. The van der Waals surface area contributed by atoms with Crippen LogP contribution in [-0.4, -0.2) is 30.6 Å². The Bertz CT molecular complexity index is 531. The molecule has 0 saturated carbocycles. The molecule has 1 rings (SSSR count). The van der Waals surface area contributed by atoms with Crippen molar-refractivity contribution in [2.45, 2.75) is 32.7 Å². The van der Waals surface area contributed by atoms with Crippen LogP contribution in [0.2, 0.25) is 0 Å². The van der Waals surface area contributed by atoms with Crippen molar-refractivity contribution in [3.8, 4) is 0 Å². The number of imide groups is 1. The Hall–Kier alpha value is -2.44. The summed E-state index contributed by atoms with van der Waals surface area (Å²) in [6.45, 7) is 3.14. The van der Waals surface area contributed by atoms with Gasteiger partial charge in [0.25, 0.3) is 5.91 Å². The van der Waals surface area contributed by atoms with Crippen LogP contribution in [0, 0.1) is 5.82 Å². The van der Waals surface area contributed by atoms with E-state index in [1.807, 2.05) is 6.92 Å². The van der Waals surface area contributed by atoms with Crippen molar-refractivity contribution < 1.29 is 23.5 Å². The van der Waals surface area contributed by atoms with Gasteiger partial charge in [-0.25, -0.2) is 9.18 Å². The normalized spacial score (nSPS) is 11.4. The fourth-order valence-electron chi connectivity index (χ4n) is 1.49. The Morgan fingerprint density at radius 3 is 2.45 bits per heavy atom. The van der Waals surface area contributed by atoms with Crippen molar-refractivity contribution in [3.05, 3.63) is 35.6 Å². The van der Waals surface area contributed by atoms with Gasteiger partial charge in [-0.1, -0.05) is 19.1 Å². The number of amides is 3. The van der Waals surface area contributed by atoms with Crippen molar-refractivity contribution in [1.82, 2.24) is 10.6 Å². The lowest BCUT2D eigenvalue weighted by molar-refractivity contribution is -0.147. The van der Waals surface area contributed by atoms with Gasteiger partial charge in [-0.3, -0.25) is 14.9 Å². The number of urea groups is 1. The summed E-state index contributed by atoms with van der Waals surface area (Å²) in [5, 5.41) is 4.60. The third kappa shape index (κ3) is 6.83. The molecule has 0 saturated heterocycles. The number of carbonyl (C=O) groups is 3. The van der Waals surface area contributed by atoms with Crippen LogP contribution in [-0.2, 0) is 20.7 Å². The zero-order valence-electron chi connectivity index (χ0n) is 12.5.